The summed E-state index contributed by atoms with van der Waals surface area (Å²) in [4.78, 5) is 0.882. The third-order valence-electron chi connectivity index (χ3n) is 2.15. The highest BCUT2D eigenvalue weighted by atomic mass is 32.2. The van der Waals surface area contributed by atoms with Gasteiger partial charge in [0, 0.05) is 28.0 Å². The van der Waals surface area contributed by atoms with Crippen molar-refractivity contribution in [1.29, 1.82) is 0 Å². The second-order valence-corrected chi connectivity index (χ2v) is 4.41. The van der Waals surface area contributed by atoms with Crippen LogP contribution in [0.4, 0.5) is 0 Å². The topological polar surface area (TPSA) is 29.1 Å². The highest BCUT2D eigenvalue weighted by Crippen LogP contribution is 2.13. The molecule has 0 saturated heterocycles. The smallest absolute Gasteiger partial charge is 0.0498 e. The van der Waals surface area contributed by atoms with E-state index in [4.69, 9.17) is 0 Å². The number of rotatable bonds is 3. The maximum Gasteiger partial charge on any atom is 0.0498 e. The van der Waals surface area contributed by atoms with Crippen molar-refractivity contribution in [3.05, 3.63) is 29.8 Å². The van der Waals surface area contributed by atoms with Gasteiger partial charge in [0.25, 0.3) is 0 Å². The van der Waals surface area contributed by atoms with E-state index in [0.29, 0.717) is 6.04 Å². The zero-order chi connectivity index (χ0) is 9.84. The van der Waals surface area contributed by atoms with E-state index in [1.165, 1.54) is 5.56 Å². The molecule has 0 amide bonds. The molecule has 1 aromatic rings. The van der Waals surface area contributed by atoms with Crippen LogP contribution < -0.4 is 5.32 Å². The van der Waals surface area contributed by atoms with E-state index in [0.717, 1.165) is 4.90 Å². The van der Waals surface area contributed by atoms with Gasteiger partial charge in [-0.1, -0.05) is 12.1 Å². The molecule has 3 heteroatoms. The van der Waals surface area contributed by atoms with Crippen molar-refractivity contribution >= 4 is 10.8 Å². The van der Waals surface area contributed by atoms with Crippen LogP contribution in [-0.4, -0.2) is 17.5 Å². The second-order valence-electron chi connectivity index (χ2n) is 3.03. The van der Waals surface area contributed by atoms with Crippen LogP contribution in [0.5, 0.6) is 0 Å². The lowest BCUT2D eigenvalue weighted by Crippen LogP contribution is -2.12. The molecule has 72 valence electrons. The highest BCUT2D eigenvalue weighted by molar-refractivity contribution is 7.84. The summed E-state index contributed by atoms with van der Waals surface area (Å²) in [5.74, 6) is 0. The van der Waals surface area contributed by atoms with Gasteiger partial charge < -0.3 is 5.32 Å². The molecule has 0 aliphatic rings. The van der Waals surface area contributed by atoms with Gasteiger partial charge in [-0.3, -0.25) is 4.21 Å². The summed E-state index contributed by atoms with van der Waals surface area (Å²) in [7, 11) is 1.05. The Hall–Kier alpha value is -0.670. The summed E-state index contributed by atoms with van der Waals surface area (Å²) in [6, 6.07) is 8.20. The van der Waals surface area contributed by atoms with Gasteiger partial charge >= 0.3 is 0 Å². The molecule has 0 aliphatic carbocycles. The molecule has 1 aromatic carbocycles. The van der Waals surface area contributed by atoms with E-state index in [1.54, 1.807) is 6.26 Å². The second kappa shape index (κ2) is 4.53. The first-order valence-corrected chi connectivity index (χ1v) is 5.81. The molecule has 0 fully saturated rings. The molecule has 2 nitrogen and oxygen atoms in total. The first kappa shape index (κ1) is 10.4. The predicted molar refractivity (Wildman–Crippen MR) is 56.2 cm³/mol. The Morgan fingerprint density at radius 3 is 2.23 bits per heavy atom. The molecule has 0 saturated carbocycles. The molecule has 0 aliphatic heterocycles. The fraction of sp³-hybridized carbons (Fsp3) is 0.400. The molecule has 0 spiro atoms. The first-order chi connectivity index (χ1) is 6.15. The maximum absolute atomic E-state index is 11.1. The Kier molecular flexibility index (Phi) is 3.63. The van der Waals surface area contributed by atoms with Gasteiger partial charge in [-0.2, -0.15) is 0 Å². The van der Waals surface area contributed by atoms with Crippen molar-refractivity contribution < 1.29 is 4.21 Å². The molecule has 1 rings (SSSR count). The van der Waals surface area contributed by atoms with Gasteiger partial charge in [-0.25, -0.2) is 0 Å². The average molecular weight is 197 g/mol. The molecule has 13 heavy (non-hydrogen) atoms. The number of nitrogens with one attached hydrogen (secondary N) is 1. The van der Waals surface area contributed by atoms with Crippen LogP contribution in [0.1, 0.15) is 18.5 Å². The van der Waals surface area contributed by atoms with Crippen molar-refractivity contribution in [2.75, 3.05) is 13.3 Å². The number of hydrogen-bond acceptors (Lipinski definition) is 2. The fourth-order valence-corrected chi connectivity index (χ4v) is 1.63. The van der Waals surface area contributed by atoms with Crippen molar-refractivity contribution in [1.82, 2.24) is 5.32 Å². The third-order valence-corrected chi connectivity index (χ3v) is 3.08. The molecular formula is C10H15NOS. The number of benzene rings is 1. The Morgan fingerprint density at radius 2 is 1.85 bits per heavy atom. The van der Waals surface area contributed by atoms with Crippen LogP contribution in [0.2, 0.25) is 0 Å². The largest absolute Gasteiger partial charge is 0.313 e. The number of hydrogen-bond donors (Lipinski definition) is 1. The quantitative estimate of drug-likeness (QED) is 0.799. The van der Waals surface area contributed by atoms with E-state index < -0.39 is 10.8 Å². The van der Waals surface area contributed by atoms with Crippen molar-refractivity contribution in [2.45, 2.75) is 17.9 Å². The van der Waals surface area contributed by atoms with Gasteiger partial charge in [-0.05, 0) is 31.7 Å². The van der Waals surface area contributed by atoms with E-state index >= 15 is 0 Å². The van der Waals surface area contributed by atoms with E-state index in [-0.39, 0.29) is 0 Å². The van der Waals surface area contributed by atoms with Gasteiger partial charge in [0.1, 0.15) is 0 Å². The lowest BCUT2D eigenvalue weighted by molar-refractivity contribution is 0.651. The summed E-state index contributed by atoms with van der Waals surface area (Å²) in [5, 5.41) is 3.15. The van der Waals surface area contributed by atoms with E-state index in [1.807, 2.05) is 31.3 Å². The first-order valence-electron chi connectivity index (χ1n) is 4.26. The Bertz CT molecular complexity index is 294. The predicted octanol–water partition coefficient (Wildman–Crippen LogP) is 1.70. The molecule has 0 heterocycles. The normalized spacial score (nSPS) is 15.3. The average Bonchev–Trinajstić information content (AvgIpc) is 2.17. The minimum atomic E-state index is -0.873. The monoisotopic (exact) mass is 197 g/mol. The van der Waals surface area contributed by atoms with Crippen LogP contribution in [0, 0.1) is 0 Å². The van der Waals surface area contributed by atoms with Crippen LogP contribution in [0.15, 0.2) is 29.2 Å². The third kappa shape index (κ3) is 2.64. The Morgan fingerprint density at radius 1 is 1.31 bits per heavy atom. The molecule has 2 atom stereocenters. The maximum atomic E-state index is 11.1. The lowest BCUT2D eigenvalue weighted by atomic mass is 10.1. The minimum absolute atomic E-state index is 0.347. The fourth-order valence-electron chi connectivity index (χ4n) is 1.11. The van der Waals surface area contributed by atoms with Crippen molar-refractivity contribution in [3.8, 4) is 0 Å². The summed E-state index contributed by atoms with van der Waals surface area (Å²) >= 11 is 0. The van der Waals surface area contributed by atoms with Crippen molar-refractivity contribution in [2.24, 2.45) is 0 Å². The molecule has 0 aromatic heterocycles. The molecule has 2 unspecified atom stereocenters. The lowest BCUT2D eigenvalue weighted by Gasteiger charge is -2.10. The van der Waals surface area contributed by atoms with E-state index in [2.05, 4.69) is 12.2 Å². The summed E-state index contributed by atoms with van der Waals surface area (Å²) in [5.41, 5.74) is 1.22. The van der Waals surface area contributed by atoms with Gasteiger partial charge in [-0.15, -0.1) is 0 Å². The zero-order valence-electron chi connectivity index (χ0n) is 8.20. The molecule has 0 bridgehead atoms. The standard InChI is InChI=1S/C10H15NOS/c1-8(11-2)9-4-6-10(7-5-9)13(3)12/h4-8,11H,1-3H3. The van der Waals surface area contributed by atoms with Crippen molar-refractivity contribution in [3.63, 3.8) is 0 Å². The van der Waals surface area contributed by atoms with Crippen LogP contribution >= 0.6 is 0 Å². The highest BCUT2D eigenvalue weighted by Gasteiger charge is 2.02. The minimum Gasteiger partial charge on any atom is -0.313 e. The summed E-state index contributed by atoms with van der Waals surface area (Å²) in [6.45, 7) is 2.10. The molecule has 0 radical (unpaired) electrons. The zero-order valence-corrected chi connectivity index (χ0v) is 9.02. The van der Waals surface area contributed by atoms with E-state index in [9.17, 15) is 4.21 Å². The van der Waals surface area contributed by atoms with Crippen LogP contribution in [0.3, 0.4) is 0 Å². The Balaban J connectivity index is 2.87. The summed E-state index contributed by atoms with van der Waals surface area (Å²) in [6.07, 6.45) is 1.69. The Labute approximate surface area is 81.8 Å². The van der Waals surface area contributed by atoms with Gasteiger partial charge in [0.15, 0.2) is 0 Å². The SMILES string of the molecule is CNC(C)c1ccc(S(C)=O)cc1. The van der Waals surface area contributed by atoms with Crippen LogP contribution in [0.25, 0.3) is 0 Å². The summed E-state index contributed by atoms with van der Waals surface area (Å²) < 4.78 is 11.1. The molecule has 1 N–H and O–H groups in total. The van der Waals surface area contributed by atoms with Crippen LogP contribution in [-0.2, 0) is 10.8 Å². The molecular weight excluding hydrogens is 182 g/mol. The van der Waals surface area contributed by atoms with Gasteiger partial charge in [0.05, 0.1) is 0 Å². The van der Waals surface area contributed by atoms with Gasteiger partial charge in [0.2, 0.25) is 0 Å².